The second-order valence-electron chi connectivity index (χ2n) is 4.93. The summed E-state index contributed by atoms with van der Waals surface area (Å²) in [6, 6.07) is 5.56. The standard InChI is InChI=1S/C14H16FN3O/c1-10-3-2-6-18(9-10)14(19)17-12-4-5-13(15)11(7-12)8-16/h4-5,7,10H,2-3,6,9H2,1H3,(H,17,19). The third kappa shape index (κ3) is 3.22. The molecule has 2 rings (SSSR count). The van der Waals surface area contributed by atoms with Crippen LogP contribution in [0.25, 0.3) is 0 Å². The van der Waals surface area contributed by atoms with E-state index in [1.807, 2.05) is 0 Å². The third-order valence-corrected chi connectivity index (χ3v) is 3.28. The van der Waals surface area contributed by atoms with Gasteiger partial charge in [-0.3, -0.25) is 0 Å². The number of urea groups is 1. The number of nitrogens with zero attached hydrogens (tertiary/aromatic N) is 2. The molecule has 1 aliphatic rings. The molecule has 19 heavy (non-hydrogen) atoms. The molecule has 0 bridgehead atoms. The van der Waals surface area contributed by atoms with Crippen molar-refractivity contribution in [1.82, 2.24) is 4.90 Å². The Morgan fingerprint density at radius 1 is 1.58 bits per heavy atom. The van der Waals surface area contributed by atoms with Crippen molar-refractivity contribution >= 4 is 11.7 Å². The van der Waals surface area contributed by atoms with E-state index < -0.39 is 5.82 Å². The van der Waals surface area contributed by atoms with E-state index in [4.69, 9.17) is 5.26 Å². The summed E-state index contributed by atoms with van der Waals surface area (Å²) in [6.07, 6.45) is 2.14. The molecule has 2 amide bonds. The number of rotatable bonds is 1. The highest BCUT2D eigenvalue weighted by molar-refractivity contribution is 5.89. The van der Waals surface area contributed by atoms with Crippen LogP contribution < -0.4 is 5.32 Å². The van der Waals surface area contributed by atoms with Crippen molar-refractivity contribution in [2.45, 2.75) is 19.8 Å². The van der Waals surface area contributed by atoms with Crippen molar-refractivity contribution in [2.75, 3.05) is 18.4 Å². The number of likely N-dealkylation sites (tertiary alicyclic amines) is 1. The maximum atomic E-state index is 13.2. The summed E-state index contributed by atoms with van der Waals surface area (Å²) in [4.78, 5) is 13.8. The highest BCUT2D eigenvalue weighted by Gasteiger charge is 2.21. The number of carbonyl (C=O) groups excluding carboxylic acids is 1. The van der Waals surface area contributed by atoms with Gasteiger partial charge < -0.3 is 10.2 Å². The van der Waals surface area contributed by atoms with Crippen LogP contribution in [-0.2, 0) is 0 Å². The van der Waals surface area contributed by atoms with Gasteiger partial charge in [0.25, 0.3) is 0 Å². The molecule has 1 aromatic rings. The zero-order valence-electron chi connectivity index (χ0n) is 10.8. The zero-order chi connectivity index (χ0) is 13.8. The molecule has 0 spiro atoms. The van der Waals surface area contributed by atoms with Gasteiger partial charge in [0, 0.05) is 18.8 Å². The lowest BCUT2D eigenvalue weighted by Gasteiger charge is -2.30. The van der Waals surface area contributed by atoms with E-state index in [1.54, 1.807) is 11.0 Å². The molecule has 100 valence electrons. The first-order chi connectivity index (χ1) is 9.10. The van der Waals surface area contributed by atoms with Crippen LogP contribution in [0.2, 0.25) is 0 Å². The molecule has 5 heteroatoms. The Balaban J connectivity index is 2.04. The van der Waals surface area contributed by atoms with Crippen molar-refractivity contribution in [3.05, 3.63) is 29.6 Å². The number of hydrogen-bond donors (Lipinski definition) is 1. The van der Waals surface area contributed by atoms with Gasteiger partial charge in [-0.15, -0.1) is 0 Å². The Morgan fingerprint density at radius 2 is 2.37 bits per heavy atom. The van der Waals surface area contributed by atoms with E-state index in [0.717, 1.165) is 25.9 Å². The molecule has 1 saturated heterocycles. The molecular formula is C14H16FN3O. The van der Waals surface area contributed by atoms with E-state index in [-0.39, 0.29) is 11.6 Å². The lowest BCUT2D eigenvalue weighted by molar-refractivity contribution is 0.182. The Labute approximate surface area is 111 Å². The molecule has 0 saturated carbocycles. The first-order valence-electron chi connectivity index (χ1n) is 6.35. The number of amides is 2. The van der Waals surface area contributed by atoms with Crippen LogP contribution in [0.5, 0.6) is 0 Å². The fraction of sp³-hybridized carbons (Fsp3) is 0.429. The Bertz CT molecular complexity index is 524. The molecule has 1 unspecified atom stereocenters. The molecule has 1 N–H and O–H groups in total. The quantitative estimate of drug-likeness (QED) is 0.845. The highest BCUT2D eigenvalue weighted by Crippen LogP contribution is 2.18. The van der Waals surface area contributed by atoms with Crippen LogP contribution in [-0.4, -0.2) is 24.0 Å². The molecule has 1 aromatic carbocycles. The van der Waals surface area contributed by atoms with Crippen molar-refractivity contribution in [2.24, 2.45) is 5.92 Å². The van der Waals surface area contributed by atoms with Gasteiger partial charge in [-0.1, -0.05) is 6.92 Å². The molecule has 1 aliphatic heterocycles. The molecule has 0 aromatic heterocycles. The van der Waals surface area contributed by atoms with Gasteiger partial charge in [0.05, 0.1) is 5.56 Å². The normalized spacial score (nSPS) is 18.8. The Morgan fingerprint density at radius 3 is 3.05 bits per heavy atom. The minimum atomic E-state index is -0.577. The average molecular weight is 261 g/mol. The van der Waals surface area contributed by atoms with E-state index in [0.29, 0.717) is 11.6 Å². The van der Waals surface area contributed by atoms with Gasteiger partial charge in [0.2, 0.25) is 0 Å². The first kappa shape index (κ1) is 13.3. The summed E-state index contributed by atoms with van der Waals surface area (Å²) >= 11 is 0. The molecule has 1 fully saturated rings. The van der Waals surface area contributed by atoms with E-state index >= 15 is 0 Å². The Hall–Kier alpha value is -2.09. The lowest BCUT2D eigenvalue weighted by atomic mass is 10.0. The predicted molar refractivity (Wildman–Crippen MR) is 70.1 cm³/mol. The van der Waals surface area contributed by atoms with Crippen molar-refractivity contribution < 1.29 is 9.18 Å². The Kier molecular flexibility index (Phi) is 4.00. The zero-order valence-corrected chi connectivity index (χ0v) is 10.8. The molecule has 1 heterocycles. The predicted octanol–water partition coefficient (Wildman–Crippen LogP) is 2.96. The number of nitrogens with one attached hydrogen (secondary N) is 1. The van der Waals surface area contributed by atoms with Crippen LogP contribution in [0.15, 0.2) is 18.2 Å². The van der Waals surface area contributed by atoms with Crippen molar-refractivity contribution in [1.29, 1.82) is 5.26 Å². The van der Waals surface area contributed by atoms with E-state index in [2.05, 4.69) is 12.2 Å². The average Bonchev–Trinajstić information content (AvgIpc) is 2.41. The van der Waals surface area contributed by atoms with Crippen LogP contribution in [0.4, 0.5) is 14.9 Å². The van der Waals surface area contributed by atoms with Gasteiger partial charge in [0.1, 0.15) is 11.9 Å². The molecule has 4 nitrogen and oxygen atoms in total. The number of halogens is 1. The second-order valence-corrected chi connectivity index (χ2v) is 4.93. The number of carbonyl (C=O) groups is 1. The summed E-state index contributed by atoms with van der Waals surface area (Å²) in [7, 11) is 0. The number of hydrogen-bond acceptors (Lipinski definition) is 2. The van der Waals surface area contributed by atoms with E-state index in [9.17, 15) is 9.18 Å². The first-order valence-corrected chi connectivity index (χ1v) is 6.35. The molecule has 0 radical (unpaired) electrons. The lowest BCUT2D eigenvalue weighted by Crippen LogP contribution is -2.41. The number of nitriles is 1. The second kappa shape index (κ2) is 5.70. The molecule has 1 atom stereocenters. The maximum absolute atomic E-state index is 13.2. The number of anilines is 1. The van der Waals surface area contributed by atoms with Gasteiger partial charge in [-0.25, -0.2) is 9.18 Å². The van der Waals surface area contributed by atoms with E-state index in [1.165, 1.54) is 18.2 Å². The fourth-order valence-electron chi connectivity index (χ4n) is 2.27. The van der Waals surface area contributed by atoms with Gasteiger partial charge in [-0.2, -0.15) is 5.26 Å². The summed E-state index contributed by atoms with van der Waals surface area (Å²) in [5, 5.41) is 11.5. The minimum absolute atomic E-state index is 0.0650. The largest absolute Gasteiger partial charge is 0.324 e. The summed E-state index contributed by atoms with van der Waals surface area (Å²) in [6.45, 7) is 3.59. The van der Waals surface area contributed by atoms with Crippen molar-refractivity contribution in [3.63, 3.8) is 0 Å². The van der Waals surface area contributed by atoms with Gasteiger partial charge in [-0.05, 0) is 37.0 Å². The summed E-state index contributed by atoms with van der Waals surface area (Å²) in [5.41, 5.74) is 0.381. The molecule has 0 aliphatic carbocycles. The van der Waals surface area contributed by atoms with Gasteiger partial charge >= 0.3 is 6.03 Å². The van der Waals surface area contributed by atoms with Crippen LogP contribution in [0.1, 0.15) is 25.3 Å². The summed E-state index contributed by atoms with van der Waals surface area (Å²) in [5.74, 6) is -0.0746. The monoisotopic (exact) mass is 261 g/mol. The third-order valence-electron chi connectivity index (χ3n) is 3.28. The SMILES string of the molecule is CC1CCCN(C(=O)Nc2ccc(F)c(C#N)c2)C1. The highest BCUT2D eigenvalue weighted by atomic mass is 19.1. The van der Waals surface area contributed by atoms with Crippen LogP contribution in [0, 0.1) is 23.1 Å². The number of piperidine rings is 1. The van der Waals surface area contributed by atoms with Gasteiger partial charge in [0.15, 0.2) is 0 Å². The smallest absolute Gasteiger partial charge is 0.321 e. The van der Waals surface area contributed by atoms with Crippen LogP contribution >= 0.6 is 0 Å². The maximum Gasteiger partial charge on any atom is 0.321 e. The summed E-state index contributed by atoms with van der Waals surface area (Å²) < 4.78 is 13.2. The minimum Gasteiger partial charge on any atom is -0.324 e. The number of benzene rings is 1. The van der Waals surface area contributed by atoms with Crippen LogP contribution in [0.3, 0.4) is 0 Å². The molecular weight excluding hydrogens is 245 g/mol. The van der Waals surface area contributed by atoms with Crippen molar-refractivity contribution in [3.8, 4) is 6.07 Å². The fourth-order valence-corrected chi connectivity index (χ4v) is 2.27. The topological polar surface area (TPSA) is 56.1 Å².